The molecule has 5 heteroatoms. The van der Waals surface area contributed by atoms with E-state index in [0.29, 0.717) is 5.82 Å². The second-order valence-electron chi connectivity index (χ2n) is 5.47. The lowest BCUT2D eigenvalue weighted by molar-refractivity contribution is 0.0588. The standard InChI is InChI=1S/C14H22N2O2S/c1-10-7-11(9-19-6)15-12(8-10)16(5)13(17)18-14(2,3)4/h7-8H,9H2,1-6H3. The van der Waals surface area contributed by atoms with Crippen LogP contribution in [0.1, 0.15) is 32.0 Å². The Balaban J connectivity index is 2.92. The van der Waals surface area contributed by atoms with Crippen LogP contribution in [0.3, 0.4) is 0 Å². The third kappa shape index (κ3) is 5.11. The van der Waals surface area contributed by atoms with Gasteiger partial charge in [0.05, 0.1) is 5.69 Å². The highest BCUT2D eigenvalue weighted by molar-refractivity contribution is 7.97. The van der Waals surface area contributed by atoms with Gasteiger partial charge in [-0.3, -0.25) is 4.90 Å². The summed E-state index contributed by atoms with van der Waals surface area (Å²) in [5, 5.41) is 0. The summed E-state index contributed by atoms with van der Waals surface area (Å²) in [6, 6.07) is 3.91. The van der Waals surface area contributed by atoms with Gasteiger partial charge < -0.3 is 4.74 Å². The van der Waals surface area contributed by atoms with Gasteiger partial charge in [0.15, 0.2) is 0 Å². The molecule has 0 aliphatic heterocycles. The van der Waals surface area contributed by atoms with E-state index >= 15 is 0 Å². The number of aryl methyl sites for hydroxylation is 1. The molecule has 1 heterocycles. The van der Waals surface area contributed by atoms with Crippen LogP contribution in [0.15, 0.2) is 12.1 Å². The molecule has 0 saturated carbocycles. The number of pyridine rings is 1. The largest absolute Gasteiger partial charge is 0.443 e. The minimum atomic E-state index is -0.503. The van der Waals surface area contributed by atoms with E-state index in [0.717, 1.165) is 17.0 Å². The second-order valence-corrected chi connectivity index (χ2v) is 6.33. The Kier molecular flexibility index (Phi) is 5.23. The third-order valence-corrected chi connectivity index (χ3v) is 2.90. The van der Waals surface area contributed by atoms with Crippen LogP contribution in [-0.2, 0) is 10.5 Å². The van der Waals surface area contributed by atoms with Gasteiger partial charge in [0.25, 0.3) is 0 Å². The van der Waals surface area contributed by atoms with Crippen LogP contribution in [0.4, 0.5) is 10.6 Å². The molecule has 0 aliphatic rings. The number of nitrogens with zero attached hydrogens (tertiary/aromatic N) is 2. The molecule has 4 nitrogen and oxygen atoms in total. The molecule has 1 aromatic rings. The highest BCUT2D eigenvalue weighted by atomic mass is 32.2. The molecule has 0 atom stereocenters. The maximum Gasteiger partial charge on any atom is 0.415 e. The van der Waals surface area contributed by atoms with E-state index in [1.807, 2.05) is 46.1 Å². The Morgan fingerprint density at radius 2 is 2.05 bits per heavy atom. The summed E-state index contributed by atoms with van der Waals surface area (Å²) < 4.78 is 5.34. The van der Waals surface area contributed by atoms with Crippen molar-refractivity contribution in [2.24, 2.45) is 0 Å². The first-order chi connectivity index (χ1) is 8.73. The molecule has 0 spiro atoms. The van der Waals surface area contributed by atoms with Gasteiger partial charge in [0.1, 0.15) is 11.4 Å². The van der Waals surface area contributed by atoms with Crippen LogP contribution in [0, 0.1) is 6.92 Å². The van der Waals surface area contributed by atoms with Crippen LogP contribution in [0.5, 0.6) is 0 Å². The zero-order valence-electron chi connectivity index (χ0n) is 12.5. The number of hydrogen-bond acceptors (Lipinski definition) is 4. The fraction of sp³-hybridized carbons (Fsp3) is 0.571. The maximum atomic E-state index is 12.0. The molecule has 106 valence electrons. The summed E-state index contributed by atoms with van der Waals surface area (Å²) in [5.41, 5.74) is 1.56. The Morgan fingerprint density at radius 1 is 1.42 bits per heavy atom. The topological polar surface area (TPSA) is 42.4 Å². The monoisotopic (exact) mass is 282 g/mol. The van der Waals surface area contributed by atoms with Crippen molar-refractivity contribution in [3.8, 4) is 0 Å². The normalized spacial score (nSPS) is 11.3. The van der Waals surface area contributed by atoms with E-state index < -0.39 is 5.60 Å². The summed E-state index contributed by atoms with van der Waals surface area (Å²) in [6.45, 7) is 7.54. The predicted molar refractivity (Wildman–Crippen MR) is 80.8 cm³/mol. The molecule has 0 fully saturated rings. The zero-order chi connectivity index (χ0) is 14.6. The lowest BCUT2D eigenvalue weighted by atomic mass is 10.2. The molecule has 0 unspecified atom stereocenters. The van der Waals surface area contributed by atoms with E-state index in [4.69, 9.17) is 4.74 Å². The number of hydrogen-bond donors (Lipinski definition) is 0. The van der Waals surface area contributed by atoms with Gasteiger partial charge >= 0.3 is 6.09 Å². The summed E-state index contributed by atoms with van der Waals surface area (Å²) in [5.74, 6) is 1.45. The minimum Gasteiger partial charge on any atom is -0.443 e. The fourth-order valence-electron chi connectivity index (χ4n) is 1.54. The average Bonchev–Trinajstić information content (AvgIpc) is 2.25. The van der Waals surface area contributed by atoms with Gasteiger partial charge in [-0.25, -0.2) is 9.78 Å². The first kappa shape index (κ1) is 15.8. The van der Waals surface area contributed by atoms with E-state index in [-0.39, 0.29) is 6.09 Å². The van der Waals surface area contributed by atoms with Crippen molar-refractivity contribution in [3.63, 3.8) is 0 Å². The molecule has 1 amide bonds. The summed E-state index contributed by atoms with van der Waals surface area (Å²) in [4.78, 5) is 17.9. The number of anilines is 1. The molecule has 0 aliphatic carbocycles. The van der Waals surface area contributed by atoms with Crippen LogP contribution in [0.25, 0.3) is 0 Å². The molecule has 0 radical (unpaired) electrons. The number of carbonyl (C=O) groups excluding carboxylic acids is 1. The minimum absolute atomic E-state index is 0.388. The van der Waals surface area contributed by atoms with Crippen LogP contribution in [-0.4, -0.2) is 30.0 Å². The SMILES string of the molecule is CSCc1cc(C)cc(N(C)C(=O)OC(C)(C)C)n1. The van der Waals surface area contributed by atoms with E-state index in [1.165, 1.54) is 4.90 Å². The summed E-state index contributed by atoms with van der Waals surface area (Å²) in [6.07, 6.45) is 1.64. The number of rotatable bonds is 3. The zero-order valence-corrected chi connectivity index (χ0v) is 13.3. The number of thioether (sulfide) groups is 1. The highest BCUT2D eigenvalue weighted by Crippen LogP contribution is 2.18. The van der Waals surface area contributed by atoms with Crippen molar-refractivity contribution < 1.29 is 9.53 Å². The molecule has 0 N–H and O–H groups in total. The lowest BCUT2D eigenvalue weighted by Gasteiger charge is -2.24. The third-order valence-electron chi connectivity index (χ3n) is 2.31. The number of aromatic nitrogens is 1. The molecular formula is C14H22N2O2S. The number of carbonyl (C=O) groups is 1. The van der Waals surface area contributed by atoms with Crippen LogP contribution < -0.4 is 4.90 Å². The molecule has 0 bridgehead atoms. The molecule has 1 rings (SSSR count). The van der Waals surface area contributed by atoms with Crippen molar-refractivity contribution in [2.75, 3.05) is 18.2 Å². The first-order valence-electron chi connectivity index (χ1n) is 6.16. The van der Waals surface area contributed by atoms with E-state index in [1.54, 1.807) is 18.8 Å². The quantitative estimate of drug-likeness (QED) is 0.849. The highest BCUT2D eigenvalue weighted by Gasteiger charge is 2.21. The van der Waals surface area contributed by atoms with Gasteiger partial charge in [-0.05, 0) is 51.6 Å². The Bertz CT molecular complexity index is 455. The van der Waals surface area contributed by atoms with E-state index in [9.17, 15) is 4.79 Å². The first-order valence-corrected chi connectivity index (χ1v) is 7.55. The Morgan fingerprint density at radius 3 is 2.58 bits per heavy atom. The fourth-order valence-corrected chi connectivity index (χ4v) is 1.98. The number of amides is 1. The summed E-state index contributed by atoms with van der Waals surface area (Å²) >= 11 is 1.71. The lowest BCUT2D eigenvalue weighted by Crippen LogP contribution is -2.34. The van der Waals surface area contributed by atoms with Crippen molar-refractivity contribution in [1.82, 2.24) is 4.98 Å². The van der Waals surface area contributed by atoms with Gasteiger partial charge in [0, 0.05) is 12.8 Å². The molecular weight excluding hydrogens is 260 g/mol. The predicted octanol–water partition coefficient (Wildman–Crippen LogP) is 3.62. The van der Waals surface area contributed by atoms with Crippen molar-refractivity contribution in [3.05, 3.63) is 23.4 Å². The summed E-state index contributed by atoms with van der Waals surface area (Å²) in [7, 11) is 1.68. The molecule has 19 heavy (non-hydrogen) atoms. The molecule has 0 aromatic carbocycles. The Labute approximate surface area is 119 Å². The van der Waals surface area contributed by atoms with Crippen LogP contribution >= 0.6 is 11.8 Å². The molecule has 1 aromatic heterocycles. The van der Waals surface area contributed by atoms with Crippen molar-refractivity contribution >= 4 is 23.7 Å². The van der Waals surface area contributed by atoms with Gasteiger partial charge in [-0.15, -0.1) is 0 Å². The Hall–Kier alpha value is -1.23. The maximum absolute atomic E-state index is 12.0. The van der Waals surface area contributed by atoms with Crippen molar-refractivity contribution in [1.29, 1.82) is 0 Å². The number of ether oxygens (including phenoxy) is 1. The van der Waals surface area contributed by atoms with Crippen LogP contribution in [0.2, 0.25) is 0 Å². The second kappa shape index (κ2) is 6.28. The smallest absolute Gasteiger partial charge is 0.415 e. The van der Waals surface area contributed by atoms with Gasteiger partial charge in [-0.2, -0.15) is 11.8 Å². The van der Waals surface area contributed by atoms with Gasteiger partial charge in [-0.1, -0.05) is 0 Å². The van der Waals surface area contributed by atoms with Crippen molar-refractivity contribution in [2.45, 2.75) is 39.0 Å². The average molecular weight is 282 g/mol. The molecule has 0 saturated heterocycles. The van der Waals surface area contributed by atoms with E-state index in [2.05, 4.69) is 4.98 Å². The van der Waals surface area contributed by atoms with Gasteiger partial charge in [0.2, 0.25) is 0 Å².